The number of nitrogens with one attached hydrogen (secondary N) is 1. The van der Waals surface area contributed by atoms with E-state index in [1.54, 1.807) is 0 Å². The molecule has 0 aromatic heterocycles. The summed E-state index contributed by atoms with van der Waals surface area (Å²) < 4.78 is 0. The minimum Gasteiger partial charge on any atom is -0.314 e. The molecule has 3 rings (SSSR count). The quantitative estimate of drug-likeness (QED) is 0.743. The molecule has 1 nitrogen and oxygen atoms in total. The van der Waals surface area contributed by atoms with Gasteiger partial charge in [0.15, 0.2) is 0 Å². The van der Waals surface area contributed by atoms with Crippen LogP contribution in [-0.4, -0.2) is 12.6 Å². The molecule has 3 unspecified atom stereocenters. The van der Waals surface area contributed by atoms with Crippen LogP contribution in [0.25, 0.3) is 0 Å². The van der Waals surface area contributed by atoms with Crippen LogP contribution in [0.5, 0.6) is 0 Å². The van der Waals surface area contributed by atoms with E-state index in [0.717, 1.165) is 28.8 Å². The lowest BCUT2D eigenvalue weighted by Crippen LogP contribution is -2.33. The second-order valence-corrected chi connectivity index (χ2v) is 7.50. The van der Waals surface area contributed by atoms with Crippen molar-refractivity contribution in [3.63, 3.8) is 0 Å². The van der Waals surface area contributed by atoms with Gasteiger partial charge in [-0.25, -0.2) is 0 Å². The average Bonchev–Trinajstić information content (AvgIpc) is 3.31. The summed E-state index contributed by atoms with van der Waals surface area (Å²) >= 11 is 6.06. The van der Waals surface area contributed by atoms with E-state index >= 15 is 0 Å². The highest BCUT2D eigenvalue weighted by molar-refractivity contribution is 6.30. The Morgan fingerprint density at radius 1 is 1.10 bits per heavy atom. The molecule has 2 aliphatic carbocycles. The van der Waals surface area contributed by atoms with Gasteiger partial charge in [0.1, 0.15) is 0 Å². The van der Waals surface area contributed by atoms with Crippen LogP contribution < -0.4 is 5.32 Å². The third kappa shape index (κ3) is 4.23. The zero-order valence-electron chi connectivity index (χ0n) is 13.2. The topological polar surface area (TPSA) is 12.0 Å². The summed E-state index contributed by atoms with van der Waals surface area (Å²) in [6.07, 6.45) is 9.67. The Kier molecular flexibility index (Phi) is 5.24. The fourth-order valence-corrected chi connectivity index (χ4v) is 4.08. The van der Waals surface area contributed by atoms with Crippen molar-refractivity contribution in [2.24, 2.45) is 11.8 Å². The van der Waals surface area contributed by atoms with Crippen molar-refractivity contribution < 1.29 is 0 Å². The molecule has 0 aliphatic heterocycles. The Morgan fingerprint density at radius 2 is 1.86 bits per heavy atom. The van der Waals surface area contributed by atoms with Crippen LogP contribution in [0.4, 0.5) is 0 Å². The van der Waals surface area contributed by atoms with Crippen LogP contribution in [0.3, 0.4) is 0 Å². The highest BCUT2D eigenvalue weighted by Crippen LogP contribution is 2.42. The van der Waals surface area contributed by atoms with E-state index in [1.165, 1.54) is 57.1 Å². The van der Waals surface area contributed by atoms with Gasteiger partial charge in [0.25, 0.3) is 0 Å². The summed E-state index contributed by atoms with van der Waals surface area (Å²) in [4.78, 5) is 0. The lowest BCUT2D eigenvalue weighted by atomic mass is 9.70. The predicted molar refractivity (Wildman–Crippen MR) is 91.0 cm³/mol. The molecule has 0 spiro atoms. The van der Waals surface area contributed by atoms with Crippen LogP contribution >= 0.6 is 11.6 Å². The summed E-state index contributed by atoms with van der Waals surface area (Å²) in [5, 5.41) is 4.61. The molecule has 0 radical (unpaired) electrons. The summed E-state index contributed by atoms with van der Waals surface area (Å²) in [5.41, 5.74) is 1.50. The Balaban J connectivity index is 1.69. The molecule has 21 heavy (non-hydrogen) atoms. The van der Waals surface area contributed by atoms with Crippen LogP contribution in [0, 0.1) is 11.8 Å². The monoisotopic (exact) mass is 305 g/mol. The molecule has 3 atom stereocenters. The van der Waals surface area contributed by atoms with Gasteiger partial charge in [-0.3, -0.25) is 0 Å². The Bertz CT molecular complexity index is 437. The third-order valence-electron chi connectivity index (χ3n) is 5.34. The summed E-state index contributed by atoms with van der Waals surface area (Å²) in [6, 6.07) is 9.46. The first kappa shape index (κ1) is 15.4. The molecule has 0 bridgehead atoms. The van der Waals surface area contributed by atoms with E-state index in [2.05, 4.69) is 36.5 Å². The van der Waals surface area contributed by atoms with Crippen molar-refractivity contribution in [2.45, 2.75) is 63.8 Å². The van der Waals surface area contributed by atoms with Crippen molar-refractivity contribution in [3.05, 3.63) is 34.9 Å². The number of hydrogen-bond donors (Lipinski definition) is 1. The molecule has 0 saturated heterocycles. The maximum Gasteiger partial charge on any atom is 0.0406 e. The standard InChI is InChI=1S/C19H28ClN/c1-2-3-14-4-5-16(13-21-18-10-11-18)19(12-14)15-6-8-17(20)9-7-15/h6-9,14,16,18-19,21H,2-5,10-13H2,1H3. The van der Waals surface area contributed by atoms with Gasteiger partial charge in [0.2, 0.25) is 0 Å². The summed E-state index contributed by atoms with van der Waals surface area (Å²) in [6.45, 7) is 3.52. The lowest BCUT2D eigenvalue weighted by molar-refractivity contribution is 0.220. The minimum atomic E-state index is 0.721. The van der Waals surface area contributed by atoms with Crippen molar-refractivity contribution in [1.29, 1.82) is 0 Å². The Morgan fingerprint density at radius 3 is 2.52 bits per heavy atom. The Hall–Kier alpha value is -0.530. The van der Waals surface area contributed by atoms with Gasteiger partial charge in [-0.05, 0) is 67.7 Å². The van der Waals surface area contributed by atoms with E-state index in [-0.39, 0.29) is 0 Å². The fourth-order valence-electron chi connectivity index (χ4n) is 3.96. The first-order valence-corrected chi connectivity index (χ1v) is 9.13. The number of benzene rings is 1. The van der Waals surface area contributed by atoms with Crippen molar-refractivity contribution in [3.8, 4) is 0 Å². The Labute approximate surface area is 134 Å². The zero-order chi connectivity index (χ0) is 14.7. The first-order valence-electron chi connectivity index (χ1n) is 8.75. The molecule has 2 heteroatoms. The molecule has 2 aliphatic rings. The molecular formula is C19H28ClN. The lowest BCUT2D eigenvalue weighted by Gasteiger charge is -2.37. The second kappa shape index (κ2) is 7.15. The summed E-state index contributed by atoms with van der Waals surface area (Å²) in [5.74, 6) is 2.45. The van der Waals surface area contributed by atoms with Crippen molar-refractivity contribution >= 4 is 11.6 Å². The van der Waals surface area contributed by atoms with E-state index in [0.29, 0.717) is 0 Å². The van der Waals surface area contributed by atoms with Crippen LogP contribution in [0.15, 0.2) is 24.3 Å². The number of halogens is 1. The van der Waals surface area contributed by atoms with Crippen molar-refractivity contribution in [2.75, 3.05) is 6.54 Å². The normalized spacial score (nSPS) is 29.5. The molecule has 1 aromatic rings. The molecule has 0 heterocycles. The molecular weight excluding hydrogens is 278 g/mol. The van der Waals surface area contributed by atoms with E-state index in [4.69, 9.17) is 11.6 Å². The molecule has 2 fully saturated rings. The van der Waals surface area contributed by atoms with Gasteiger partial charge in [-0.15, -0.1) is 0 Å². The van der Waals surface area contributed by atoms with Crippen LogP contribution in [0.2, 0.25) is 5.02 Å². The second-order valence-electron chi connectivity index (χ2n) is 7.07. The first-order chi connectivity index (χ1) is 10.3. The van der Waals surface area contributed by atoms with E-state index in [1.807, 2.05) is 0 Å². The van der Waals surface area contributed by atoms with Crippen LogP contribution in [0.1, 0.15) is 63.4 Å². The smallest absolute Gasteiger partial charge is 0.0406 e. The van der Waals surface area contributed by atoms with Gasteiger partial charge in [-0.1, -0.05) is 49.9 Å². The fraction of sp³-hybridized carbons (Fsp3) is 0.684. The molecule has 2 saturated carbocycles. The number of hydrogen-bond acceptors (Lipinski definition) is 1. The van der Waals surface area contributed by atoms with E-state index < -0.39 is 0 Å². The number of rotatable bonds is 6. The highest BCUT2D eigenvalue weighted by Gasteiger charge is 2.32. The minimum absolute atomic E-state index is 0.721. The average molecular weight is 306 g/mol. The third-order valence-corrected chi connectivity index (χ3v) is 5.60. The molecule has 1 N–H and O–H groups in total. The van der Waals surface area contributed by atoms with Crippen LogP contribution in [-0.2, 0) is 0 Å². The maximum absolute atomic E-state index is 6.06. The molecule has 116 valence electrons. The van der Waals surface area contributed by atoms with Gasteiger partial charge < -0.3 is 5.32 Å². The van der Waals surface area contributed by atoms with Gasteiger partial charge in [0, 0.05) is 11.1 Å². The molecule has 1 aromatic carbocycles. The molecule has 0 amide bonds. The summed E-state index contributed by atoms with van der Waals surface area (Å²) in [7, 11) is 0. The predicted octanol–water partition coefficient (Wildman–Crippen LogP) is 5.39. The van der Waals surface area contributed by atoms with Gasteiger partial charge >= 0.3 is 0 Å². The van der Waals surface area contributed by atoms with Gasteiger partial charge in [-0.2, -0.15) is 0 Å². The van der Waals surface area contributed by atoms with E-state index in [9.17, 15) is 0 Å². The zero-order valence-corrected chi connectivity index (χ0v) is 13.9. The largest absolute Gasteiger partial charge is 0.314 e. The van der Waals surface area contributed by atoms with Crippen molar-refractivity contribution in [1.82, 2.24) is 5.32 Å². The SMILES string of the molecule is CCCC1CCC(CNC2CC2)C(c2ccc(Cl)cc2)C1. The maximum atomic E-state index is 6.06. The highest BCUT2D eigenvalue weighted by atomic mass is 35.5. The van der Waals surface area contributed by atoms with Gasteiger partial charge in [0.05, 0.1) is 0 Å².